The Balaban J connectivity index is 1.49. The van der Waals surface area contributed by atoms with Gasteiger partial charge in [-0.25, -0.2) is 4.99 Å². The van der Waals surface area contributed by atoms with E-state index in [2.05, 4.69) is 36.5 Å². The van der Waals surface area contributed by atoms with Crippen molar-refractivity contribution in [2.75, 3.05) is 25.3 Å². The Morgan fingerprint density at radius 3 is 2.48 bits per heavy atom. The summed E-state index contributed by atoms with van der Waals surface area (Å²) in [6, 6.07) is 13.7. The zero-order valence-corrected chi connectivity index (χ0v) is 18.9. The Morgan fingerprint density at radius 1 is 1.06 bits per heavy atom. The summed E-state index contributed by atoms with van der Waals surface area (Å²) in [5, 5.41) is 3.77. The van der Waals surface area contributed by atoms with Crippen molar-refractivity contribution in [3.05, 3.63) is 53.6 Å². The third-order valence-corrected chi connectivity index (χ3v) is 6.55. The number of hydrogen-bond donors (Lipinski definition) is 1. The van der Waals surface area contributed by atoms with Crippen LogP contribution in [0.4, 0.5) is 5.69 Å². The molecule has 0 radical (unpaired) electrons. The van der Waals surface area contributed by atoms with Crippen molar-refractivity contribution in [1.29, 1.82) is 0 Å². The van der Waals surface area contributed by atoms with Gasteiger partial charge in [-0.05, 0) is 44.7 Å². The lowest BCUT2D eigenvalue weighted by atomic mass is 10.1. The number of aryl methyl sites for hydroxylation is 1. The molecule has 1 saturated carbocycles. The number of thioether (sulfide) groups is 1. The molecule has 0 atom stereocenters. The van der Waals surface area contributed by atoms with E-state index in [1.165, 1.54) is 17.3 Å². The first-order chi connectivity index (χ1) is 15.0. The number of methoxy groups -OCH3 is 2. The van der Waals surface area contributed by atoms with Crippen LogP contribution in [0.15, 0.2) is 52.4 Å². The van der Waals surface area contributed by atoms with Crippen LogP contribution in [-0.4, -0.2) is 42.3 Å². The lowest BCUT2D eigenvalue weighted by Gasteiger charge is -2.14. The van der Waals surface area contributed by atoms with Crippen LogP contribution in [0.3, 0.4) is 0 Å². The maximum Gasteiger partial charge on any atom is 0.234 e. The zero-order valence-electron chi connectivity index (χ0n) is 18.1. The first-order valence-corrected chi connectivity index (χ1v) is 11.4. The molecule has 7 heteroatoms. The molecule has 31 heavy (non-hydrogen) atoms. The summed E-state index contributed by atoms with van der Waals surface area (Å²) in [4.78, 5) is 22.7. The summed E-state index contributed by atoms with van der Waals surface area (Å²) in [6.07, 6.45) is 4.23. The zero-order chi connectivity index (χ0) is 21.8. The SMILES string of the molecule is COc1ccc(OC)c(NC(=O)CSC2=NC3(CCCC3)N=C2c2ccc(C)cc2)c1. The highest BCUT2D eigenvalue weighted by Gasteiger charge is 2.39. The van der Waals surface area contributed by atoms with Gasteiger partial charge in [0.15, 0.2) is 5.66 Å². The van der Waals surface area contributed by atoms with Gasteiger partial charge in [-0.2, -0.15) is 0 Å². The van der Waals surface area contributed by atoms with Gasteiger partial charge < -0.3 is 14.8 Å². The number of nitrogens with one attached hydrogen (secondary N) is 1. The van der Waals surface area contributed by atoms with E-state index in [1.54, 1.807) is 32.4 Å². The molecule has 0 bridgehead atoms. The van der Waals surface area contributed by atoms with Crippen LogP contribution in [0.25, 0.3) is 0 Å². The highest BCUT2D eigenvalue weighted by molar-refractivity contribution is 8.16. The molecule has 2 aromatic carbocycles. The predicted octanol–water partition coefficient (Wildman–Crippen LogP) is 4.86. The fourth-order valence-electron chi connectivity index (χ4n) is 3.92. The Labute approximate surface area is 187 Å². The molecule has 1 aliphatic heterocycles. The van der Waals surface area contributed by atoms with Crippen molar-refractivity contribution in [2.24, 2.45) is 9.98 Å². The van der Waals surface area contributed by atoms with Crippen molar-refractivity contribution < 1.29 is 14.3 Å². The summed E-state index contributed by atoms with van der Waals surface area (Å²) < 4.78 is 10.6. The number of ether oxygens (including phenoxy) is 2. The average Bonchev–Trinajstić information content (AvgIpc) is 3.39. The van der Waals surface area contributed by atoms with E-state index in [4.69, 9.17) is 19.5 Å². The molecule has 1 amide bonds. The fraction of sp³-hybridized carbons (Fsp3) is 0.375. The fourth-order valence-corrected chi connectivity index (χ4v) is 4.79. The van der Waals surface area contributed by atoms with E-state index in [0.717, 1.165) is 42.0 Å². The predicted molar refractivity (Wildman–Crippen MR) is 127 cm³/mol. The van der Waals surface area contributed by atoms with Crippen LogP contribution in [0, 0.1) is 6.92 Å². The molecule has 0 unspecified atom stereocenters. The van der Waals surface area contributed by atoms with Gasteiger partial charge in [-0.3, -0.25) is 9.79 Å². The quantitative estimate of drug-likeness (QED) is 0.701. The number of rotatable bonds is 6. The largest absolute Gasteiger partial charge is 0.497 e. The maximum atomic E-state index is 12.7. The van der Waals surface area contributed by atoms with Gasteiger partial charge in [0, 0.05) is 11.6 Å². The average molecular weight is 438 g/mol. The van der Waals surface area contributed by atoms with Crippen LogP contribution in [-0.2, 0) is 4.79 Å². The van der Waals surface area contributed by atoms with Crippen LogP contribution < -0.4 is 14.8 Å². The summed E-state index contributed by atoms with van der Waals surface area (Å²) >= 11 is 1.44. The molecule has 1 aliphatic carbocycles. The molecule has 1 N–H and O–H groups in total. The Bertz CT molecular complexity index is 1020. The standard InChI is InChI=1S/C24H27N3O3S/c1-16-6-8-17(9-7-16)22-23(27-24(26-22)12-4-5-13-24)31-15-21(28)25-19-14-18(29-2)10-11-20(19)30-3/h6-11,14H,4-5,12-13,15H2,1-3H3,(H,25,28). The van der Waals surface area contributed by atoms with Gasteiger partial charge in [-0.1, -0.05) is 41.6 Å². The Morgan fingerprint density at radius 2 is 1.81 bits per heavy atom. The summed E-state index contributed by atoms with van der Waals surface area (Å²) in [5.74, 6) is 1.35. The number of anilines is 1. The highest BCUT2D eigenvalue weighted by atomic mass is 32.2. The number of amides is 1. The summed E-state index contributed by atoms with van der Waals surface area (Å²) in [5.41, 5.74) is 3.40. The van der Waals surface area contributed by atoms with E-state index < -0.39 is 0 Å². The second-order valence-electron chi connectivity index (χ2n) is 7.84. The monoisotopic (exact) mass is 437 g/mol. The number of benzene rings is 2. The molecule has 0 aromatic heterocycles. The molecule has 6 nitrogen and oxygen atoms in total. The van der Waals surface area contributed by atoms with Crippen molar-refractivity contribution in [1.82, 2.24) is 0 Å². The van der Waals surface area contributed by atoms with Crippen molar-refractivity contribution in [3.63, 3.8) is 0 Å². The molecular weight excluding hydrogens is 410 g/mol. The van der Waals surface area contributed by atoms with Gasteiger partial charge in [0.25, 0.3) is 0 Å². The van der Waals surface area contributed by atoms with Gasteiger partial charge >= 0.3 is 0 Å². The van der Waals surface area contributed by atoms with Crippen molar-refractivity contribution in [3.8, 4) is 11.5 Å². The molecule has 1 fully saturated rings. The van der Waals surface area contributed by atoms with E-state index in [-0.39, 0.29) is 17.3 Å². The maximum absolute atomic E-state index is 12.7. The topological polar surface area (TPSA) is 72.3 Å². The summed E-state index contributed by atoms with van der Waals surface area (Å²) in [6.45, 7) is 2.07. The molecule has 1 spiro atoms. The van der Waals surface area contributed by atoms with Crippen LogP contribution in [0.1, 0.15) is 36.8 Å². The molecular formula is C24H27N3O3S. The highest BCUT2D eigenvalue weighted by Crippen LogP contribution is 2.40. The second kappa shape index (κ2) is 9.14. The van der Waals surface area contributed by atoms with E-state index in [9.17, 15) is 4.79 Å². The van der Waals surface area contributed by atoms with Gasteiger partial charge in [-0.15, -0.1) is 0 Å². The minimum atomic E-state index is -0.338. The Kier molecular flexibility index (Phi) is 6.32. The smallest absolute Gasteiger partial charge is 0.234 e. The molecule has 2 aliphatic rings. The van der Waals surface area contributed by atoms with Crippen LogP contribution in [0.5, 0.6) is 11.5 Å². The number of carbonyl (C=O) groups is 1. The third kappa shape index (κ3) is 4.77. The number of nitrogens with zero attached hydrogens (tertiary/aromatic N) is 2. The lowest BCUT2D eigenvalue weighted by Crippen LogP contribution is -2.18. The molecule has 4 rings (SSSR count). The first kappa shape index (κ1) is 21.4. The summed E-state index contributed by atoms with van der Waals surface area (Å²) in [7, 11) is 3.16. The van der Waals surface area contributed by atoms with E-state index >= 15 is 0 Å². The van der Waals surface area contributed by atoms with Crippen LogP contribution in [0.2, 0.25) is 0 Å². The first-order valence-electron chi connectivity index (χ1n) is 10.4. The molecule has 162 valence electrons. The lowest BCUT2D eigenvalue weighted by molar-refractivity contribution is -0.113. The van der Waals surface area contributed by atoms with E-state index in [0.29, 0.717) is 17.2 Å². The minimum Gasteiger partial charge on any atom is -0.497 e. The normalized spacial score (nSPS) is 16.7. The molecule has 1 heterocycles. The number of carbonyl (C=O) groups excluding carboxylic acids is 1. The van der Waals surface area contributed by atoms with Crippen molar-refractivity contribution in [2.45, 2.75) is 38.3 Å². The number of aliphatic imine (C=N–C) groups is 2. The van der Waals surface area contributed by atoms with Crippen molar-refractivity contribution >= 4 is 34.1 Å². The van der Waals surface area contributed by atoms with Gasteiger partial charge in [0.2, 0.25) is 5.91 Å². The molecule has 0 saturated heterocycles. The molecule has 2 aromatic rings. The minimum absolute atomic E-state index is 0.130. The number of hydrogen-bond acceptors (Lipinski definition) is 6. The van der Waals surface area contributed by atoms with E-state index in [1.807, 2.05) is 0 Å². The Hall–Kier alpha value is -2.80. The van der Waals surface area contributed by atoms with Crippen LogP contribution >= 0.6 is 11.8 Å². The van der Waals surface area contributed by atoms with Gasteiger partial charge in [0.1, 0.15) is 16.5 Å². The second-order valence-corrected chi connectivity index (χ2v) is 8.80. The third-order valence-electron chi connectivity index (χ3n) is 5.58. The van der Waals surface area contributed by atoms with Gasteiger partial charge in [0.05, 0.1) is 31.4 Å².